The predicted molar refractivity (Wildman–Crippen MR) is 82.2 cm³/mol. The van der Waals surface area contributed by atoms with Gasteiger partial charge in [0.1, 0.15) is 0 Å². The first kappa shape index (κ1) is 13.4. The first-order valence-electron chi connectivity index (χ1n) is 6.72. The van der Waals surface area contributed by atoms with Crippen molar-refractivity contribution in [2.24, 2.45) is 7.05 Å². The molecule has 0 saturated heterocycles. The molecule has 2 heterocycles. The summed E-state index contributed by atoms with van der Waals surface area (Å²) in [7, 11) is 3.32. The fourth-order valence-electron chi connectivity index (χ4n) is 2.64. The number of pyridine rings is 1. The van der Waals surface area contributed by atoms with Crippen LogP contribution in [0, 0.1) is 6.92 Å². The van der Waals surface area contributed by atoms with Gasteiger partial charge in [-0.25, -0.2) is 4.79 Å². The number of benzene rings is 1. The molecule has 0 fully saturated rings. The zero-order valence-electron chi connectivity index (χ0n) is 12.3. The van der Waals surface area contributed by atoms with Gasteiger partial charge in [0.25, 0.3) is 0 Å². The number of fused-ring (bicyclic) bond motifs is 1. The third-order valence-electron chi connectivity index (χ3n) is 3.57. The van der Waals surface area contributed by atoms with Crippen LogP contribution in [0.1, 0.15) is 16.1 Å². The predicted octanol–water partition coefficient (Wildman–Crippen LogP) is 3.34. The van der Waals surface area contributed by atoms with Crippen LogP contribution in [0.4, 0.5) is 0 Å². The molecule has 21 heavy (non-hydrogen) atoms. The van der Waals surface area contributed by atoms with E-state index in [-0.39, 0.29) is 5.97 Å². The summed E-state index contributed by atoms with van der Waals surface area (Å²) in [5.41, 5.74) is 4.43. The number of esters is 1. The fraction of sp³-hybridized carbons (Fsp3) is 0.176. The number of aryl methyl sites for hydroxylation is 2. The maximum absolute atomic E-state index is 11.9. The molecule has 0 spiro atoms. The van der Waals surface area contributed by atoms with E-state index in [4.69, 9.17) is 4.74 Å². The molecule has 2 aromatic heterocycles. The minimum absolute atomic E-state index is 0.324. The Bertz CT molecular complexity index is 834. The van der Waals surface area contributed by atoms with Crippen LogP contribution in [0.25, 0.3) is 22.2 Å². The van der Waals surface area contributed by atoms with Crippen LogP contribution >= 0.6 is 0 Å². The molecule has 0 saturated carbocycles. The number of ether oxygens (including phenoxy) is 1. The minimum Gasteiger partial charge on any atom is -0.465 e. The number of rotatable bonds is 2. The van der Waals surface area contributed by atoms with Gasteiger partial charge in [0.15, 0.2) is 0 Å². The van der Waals surface area contributed by atoms with E-state index in [0.29, 0.717) is 5.56 Å². The van der Waals surface area contributed by atoms with Crippen LogP contribution in [-0.4, -0.2) is 22.6 Å². The van der Waals surface area contributed by atoms with E-state index in [1.807, 2.05) is 54.9 Å². The van der Waals surface area contributed by atoms with Gasteiger partial charge in [0.05, 0.1) is 23.9 Å². The highest BCUT2D eigenvalue weighted by Crippen LogP contribution is 2.30. The van der Waals surface area contributed by atoms with E-state index in [2.05, 4.69) is 4.98 Å². The minimum atomic E-state index is -0.324. The number of carbonyl (C=O) groups is 1. The lowest BCUT2D eigenvalue weighted by molar-refractivity contribution is 0.0603. The van der Waals surface area contributed by atoms with Crippen molar-refractivity contribution in [1.82, 2.24) is 9.55 Å². The largest absolute Gasteiger partial charge is 0.465 e. The van der Waals surface area contributed by atoms with Gasteiger partial charge in [-0.2, -0.15) is 0 Å². The third-order valence-corrected chi connectivity index (χ3v) is 3.57. The lowest BCUT2D eigenvalue weighted by atomic mass is 10.1. The van der Waals surface area contributed by atoms with Crippen LogP contribution in [-0.2, 0) is 11.8 Å². The van der Waals surface area contributed by atoms with Crippen molar-refractivity contribution in [3.05, 3.63) is 53.9 Å². The second kappa shape index (κ2) is 5.05. The average molecular weight is 280 g/mol. The lowest BCUT2D eigenvalue weighted by Crippen LogP contribution is -1.99. The molecule has 106 valence electrons. The number of hydrogen-bond donors (Lipinski definition) is 0. The Balaban J connectivity index is 2.31. The first-order valence-corrected chi connectivity index (χ1v) is 6.72. The van der Waals surface area contributed by atoms with Gasteiger partial charge in [-0.1, -0.05) is 24.3 Å². The van der Waals surface area contributed by atoms with Gasteiger partial charge in [-0.15, -0.1) is 0 Å². The molecule has 0 radical (unpaired) electrons. The summed E-state index contributed by atoms with van der Waals surface area (Å²) in [4.78, 5) is 16.5. The van der Waals surface area contributed by atoms with Gasteiger partial charge in [-0.3, -0.25) is 4.98 Å². The smallest absolute Gasteiger partial charge is 0.340 e. The highest BCUT2D eigenvalue weighted by atomic mass is 16.5. The Morgan fingerprint density at radius 1 is 1.19 bits per heavy atom. The zero-order valence-corrected chi connectivity index (χ0v) is 12.3. The third kappa shape index (κ3) is 2.18. The molecule has 0 unspecified atom stereocenters. The van der Waals surface area contributed by atoms with Crippen LogP contribution in [0.2, 0.25) is 0 Å². The molecule has 0 aliphatic rings. The number of para-hydroxylation sites is 1. The Morgan fingerprint density at radius 3 is 2.67 bits per heavy atom. The second-order valence-corrected chi connectivity index (χ2v) is 5.01. The van der Waals surface area contributed by atoms with Crippen molar-refractivity contribution in [2.45, 2.75) is 6.92 Å². The van der Waals surface area contributed by atoms with Gasteiger partial charge in [0.2, 0.25) is 0 Å². The lowest BCUT2D eigenvalue weighted by Gasteiger charge is -2.06. The number of methoxy groups -OCH3 is 1. The van der Waals surface area contributed by atoms with E-state index >= 15 is 0 Å². The van der Waals surface area contributed by atoms with E-state index in [9.17, 15) is 4.79 Å². The SMILES string of the molecule is COC(=O)c1cn(C)c2c(-c3cccc(C)n3)cccc12. The van der Waals surface area contributed by atoms with Gasteiger partial charge >= 0.3 is 5.97 Å². The van der Waals surface area contributed by atoms with Crippen molar-refractivity contribution in [3.8, 4) is 11.3 Å². The maximum atomic E-state index is 11.9. The molecule has 0 N–H and O–H groups in total. The van der Waals surface area contributed by atoms with Gasteiger partial charge in [-0.05, 0) is 19.1 Å². The highest BCUT2D eigenvalue weighted by molar-refractivity contribution is 6.08. The summed E-state index contributed by atoms with van der Waals surface area (Å²) < 4.78 is 6.80. The number of aromatic nitrogens is 2. The summed E-state index contributed by atoms with van der Waals surface area (Å²) in [5.74, 6) is -0.324. The number of carbonyl (C=O) groups excluding carboxylic acids is 1. The van der Waals surface area contributed by atoms with E-state index < -0.39 is 0 Å². The van der Waals surface area contributed by atoms with Gasteiger partial charge < -0.3 is 9.30 Å². The monoisotopic (exact) mass is 280 g/mol. The van der Waals surface area contributed by atoms with Crippen LogP contribution < -0.4 is 0 Å². The Labute approximate surface area is 123 Å². The highest BCUT2D eigenvalue weighted by Gasteiger charge is 2.17. The van der Waals surface area contributed by atoms with E-state index in [1.165, 1.54) is 7.11 Å². The zero-order chi connectivity index (χ0) is 15.0. The van der Waals surface area contributed by atoms with Gasteiger partial charge in [0, 0.05) is 29.9 Å². The molecule has 0 amide bonds. The topological polar surface area (TPSA) is 44.1 Å². The number of nitrogens with zero attached hydrogens (tertiary/aromatic N) is 2. The van der Waals surface area contributed by atoms with E-state index in [0.717, 1.165) is 27.9 Å². The summed E-state index contributed by atoms with van der Waals surface area (Å²) in [6, 6.07) is 11.8. The molecule has 3 aromatic rings. The quantitative estimate of drug-likeness (QED) is 0.676. The summed E-state index contributed by atoms with van der Waals surface area (Å²) in [5, 5.41) is 0.880. The van der Waals surface area contributed by atoms with Crippen LogP contribution in [0.3, 0.4) is 0 Å². The molecule has 4 nitrogen and oxygen atoms in total. The number of hydrogen-bond acceptors (Lipinski definition) is 3. The normalized spacial score (nSPS) is 10.8. The standard InChI is InChI=1S/C17H16N2O2/c1-11-6-4-9-15(18-11)13-8-5-7-12-14(17(20)21-3)10-19(2)16(12)13/h4-10H,1-3H3. The summed E-state index contributed by atoms with van der Waals surface area (Å²) in [6.07, 6.45) is 1.80. The van der Waals surface area contributed by atoms with Crippen LogP contribution in [0.15, 0.2) is 42.6 Å². The maximum Gasteiger partial charge on any atom is 0.340 e. The van der Waals surface area contributed by atoms with Crippen molar-refractivity contribution in [2.75, 3.05) is 7.11 Å². The summed E-state index contributed by atoms with van der Waals surface area (Å²) in [6.45, 7) is 1.97. The Morgan fingerprint density at radius 2 is 1.95 bits per heavy atom. The molecular formula is C17H16N2O2. The molecule has 1 aromatic carbocycles. The van der Waals surface area contributed by atoms with Crippen molar-refractivity contribution < 1.29 is 9.53 Å². The molecule has 0 atom stereocenters. The van der Waals surface area contributed by atoms with E-state index in [1.54, 1.807) is 6.20 Å². The molecule has 3 rings (SSSR count). The Kier molecular flexibility index (Phi) is 3.22. The van der Waals surface area contributed by atoms with Crippen molar-refractivity contribution in [1.29, 1.82) is 0 Å². The molecule has 0 bridgehead atoms. The molecule has 0 aliphatic heterocycles. The Hall–Kier alpha value is -2.62. The first-order chi connectivity index (χ1) is 10.1. The van der Waals surface area contributed by atoms with Crippen molar-refractivity contribution in [3.63, 3.8) is 0 Å². The van der Waals surface area contributed by atoms with Crippen molar-refractivity contribution >= 4 is 16.9 Å². The second-order valence-electron chi connectivity index (χ2n) is 5.01. The molecule has 4 heteroatoms. The summed E-state index contributed by atoms with van der Waals surface area (Å²) >= 11 is 0. The molecule has 0 aliphatic carbocycles. The van der Waals surface area contributed by atoms with Crippen LogP contribution in [0.5, 0.6) is 0 Å². The fourth-order valence-corrected chi connectivity index (χ4v) is 2.64. The average Bonchev–Trinajstić information content (AvgIpc) is 2.84. The molecular weight excluding hydrogens is 264 g/mol.